The van der Waals surface area contributed by atoms with Gasteiger partial charge in [-0.3, -0.25) is 9.69 Å². The van der Waals surface area contributed by atoms with E-state index in [0.29, 0.717) is 32.1 Å². The average molecular weight is 368 g/mol. The molecule has 10 heteroatoms. The minimum Gasteiger partial charge on any atom is -0.339 e. The number of hydrogen-bond acceptors (Lipinski definition) is 6. The third-order valence-electron chi connectivity index (χ3n) is 5.38. The number of aromatic amines is 1. The third-order valence-corrected chi connectivity index (χ3v) is 7.11. The van der Waals surface area contributed by atoms with E-state index >= 15 is 0 Å². The molecule has 3 fully saturated rings. The summed E-state index contributed by atoms with van der Waals surface area (Å²) >= 11 is 0. The normalized spacial score (nSPS) is 24.6. The molecular weight excluding hydrogens is 344 g/mol. The van der Waals surface area contributed by atoms with Crippen LogP contribution in [0.2, 0.25) is 0 Å². The highest BCUT2D eigenvalue weighted by atomic mass is 32.2. The quantitative estimate of drug-likeness (QED) is 0.753. The average Bonchev–Trinajstić information content (AvgIpc) is 3.07. The molecule has 2 saturated heterocycles. The van der Waals surface area contributed by atoms with Gasteiger partial charge in [-0.1, -0.05) is 0 Å². The maximum Gasteiger partial charge on any atom is 0.278 e. The molecule has 0 radical (unpaired) electrons. The first-order valence-electron chi connectivity index (χ1n) is 8.96. The first-order chi connectivity index (χ1) is 12.1. The number of carbonyl (C=O) groups excluding carboxylic acids is 1. The standard InChI is InChI=1S/C15H24N6O3S/c22-14(13(12-3-4-12)19-5-1-2-6-19)20-7-9-21(10-8-20)25(23,24)15-16-11-17-18-15/h11-13H,1-10H2,(H,16,17,18). The zero-order valence-electron chi connectivity index (χ0n) is 14.2. The van der Waals surface area contributed by atoms with E-state index in [1.54, 1.807) is 0 Å². The molecule has 1 N–H and O–H groups in total. The number of nitrogens with one attached hydrogen (secondary N) is 1. The molecule has 1 aromatic rings. The Bertz CT molecular complexity index is 704. The Hall–Kier alpha value is -1.52. The summed E-state index contributed by atoms with van der Waals surface area (Å²) in [5.41, 5.74) is 0. The zero-order valence-corrected chi connectivity index (χ0v) is 15.0. The van der Waals surface area contributed by atoms with Gasteiger partial charge in [0.05, 0.1) is 6.04 Å². The molecule has 2 aliphatic heterocycles. The van der Waals surface area contributed by atoms with Crippen LogP contribution in [0.1, 0.15) is 25.7 Å². The van der Waals surface area contributed by atoms with Crippen LogP contribution in [0.3, 0.4) is 0 Å². The van der Waals surface area contributed by atoms with E-state index in [0.717, 1.165) is 25.9 Å². The van der Waals surface area contributed by atoms with E-state index in [1.807, 2.05) is 4.90 Å². The van der Waals surface area contributed by atoms with E-state index in [2.05, 4.69) is 20.1 Å². The van der Waals surface area contributed by atoms with Gasteiger partial charge < -0.3 is 4.90 Å². The van der Waals surface area contributed by atoms with Crippen LogP contribution in [0.5, 0.6) is 0 Å². The molecule has 1 aromatic heterocycles. The summed E-state index contributed by atoms with van der Waals surface area (Å²) in [6, 6.07) is -0.0000640. The summed E-state index contributed by atoms with van der Waals surface area (Å²) in [6.07, 6.45) is 5.78. The van der Waals surface area contributed by atoms with Crippen LogP contribution >= 0.6 is 0 Å². The Morgan fingerprint density at radius 3 is 2.36 bits per heavy atom. The fraction of sp³-hybridized carbons (Fsp3) is 0.800. The number of H-pyrrole nitrogens is 1. The van der Waals surface area contributed by atoms with Crippen LogP contribution in [0.4, 0.5) is 0 Å². The summed E-state index contributed by atoms with van der Waals surface area (Å²) in [6.45, 7) is 3.48. The Labute approximate surface area is 147 Å². The van der Waals surface area contributed by atoms with E-state index in [1.165, 1.54) is 23.5 Å². The third kappa shape index (κ3) is 3.30. The van der Waals surface area contributed by atoms with Crippen LogP contribution in [-0.4, -0.2) is 88.9 Å². The lowest BCUT2D eigenvalue weighted by Gasteiger charge is -2.37. The summed E-state index contributed by atoms with van der Waals surface area (Å²) < 4.78 is 26.3. The highest BCUT2D eigenvalue weighted by Gasteiger charge is 2.43. The lowest BCUT2D eigenvalue weighted by atomic mass is 10.1. The minimum atomic E-state index is -3.65. The van der Waals surface area contributed by atoms with Crippen molar-refractivity contribution < 1.29 is 13.2 Å². The molecule has 25 heavy (non-hydrogen) atoms. The molecule has 9 nitrogen and oxygen atoms in total. The molecular formula is C15H24N6O3S. The van der Waals surface area contributed by atoms with E-state index in [-0.39, 0.29) is 17.1 Å². The second-order valence-electron chi connectivity index (χ2n) is 7.05. The van der Waals surface area contributed by atoms with Crippen LogP contribution < -0.4 is 0 Å². The van der Waals surface area contributed by atoms with Gasteiger partial charge in [0.1, 0.15) is 6.33 Å². The Morgan fingerprint density at radius 1 is 1.12 bits per heavy atom. The van der Waals surface area contributed by atoms with Crippen molar-refractivity contribution in [2.75, 3.05) is 39.3 Å². The van der Waals surface area contributed by atoms with Crippen molar-refractivity contribution in [1.82, 2.24) is 29.3 Å². The Kier molecular flexibility index (Phi) is 4.50. The van der Waals surface area contributed by atoms with Crippen molar-refractivity contribution in [2.24, 2.45) is 5.92 Å². The number of carbonyl (C=O) groups is 1. The number of piperazine rings is 1. The van der Waals surface area contributed by atoms with E-state index < -0.39 is 10.0 Å². The van der Waals surface area contributed by atoms with E-state index in [9.17, 15) is 13.2 Å². The summed E-state index contributed by atoms with van der Waals surface area (Å²) in [7, 11) is -3.65. The summed E-state index contributed by atoms with van der Waals surface area (Å²) in [5, 5.41) is 5.88. The fourth-order valence-electron chi connectivity index (χ4n) is 3.86. The predicted molar refractivity (Wildman–Crippen MR) is 89.0 cm³/mol. The van der Waals surface area contributed by atoms with Crippen molar-refractivity contribution in [3.63, 3.8) is 0 Å². The molecule has 1 aliphatic carbocycles. The first kappa shape index (κ1) is 16.9. The number of hydrogen-bond donors (Lipinski definition) is 1. The number of likely N-dealkylation sites (tertiary alicyclic amines) is 1. The molecule has 1 unspecified atom stereocenters. The van der Waals surface area contributed by atoms with Gasteiger partial charge in [-0.25, -0.2) is 18.5 Å². The molecule has 0 spiro atoms. The second-order valence-corrected chi connectivity index (χ2v) is 8.90. The maximum atomic E-state index is 13.0. The van der Waals surface area contributed by atoms with E-state index in [4.69, 9.17) is 0 Å². The number of sulfonamides is 1. The molecule has 4 rings (SSSR count). The lowest BCUT2D eigenvalue weighted by Crippen LogP contribution is -2.56. The second kappa shape index (κ2) is 6.65. The molecule has 3 aliphatic rings. The highest BCUT2D eigenvalue weighted by molar-refractivity contribution is 7.88. The van der Waals surface area contributed by atoms with Gasteiger partial charge in [0, 0.05) is 26.2 Å². The zero-order chi connectivity index (χ0) is 17.4. The Morgan fingerprint density at radius 2 is 1.80 bits per heavy atom. The monoisotopic (exact) mass is 368 g/mol. The number of nitrogens with zero attached hydrogens (tertiary/aromatic N) is 5. The predicted octanol–water partition coefficient (Wildman–Crippen LogP) is -0.488. The smallest absolute Gasteiger partial charge is 0.278 e. The van der Waals surface area contributed by atoms with Crippen LogP contribution in [0.15, 0.2) is 11.5 Å². The number of rotatable bonds is 5. The van der Waals surface area contributed by atoms with Gasteiger partial charge in [0.25, 0.3) is 15.2 Å². The van der Waals surface area contributed by atoms with Gasteiger partial charge in [-0.05, 0) is 44.7 Å². The van der Waals surface area contributed by atoms with Crippen LogP contribution in [0, 0.1) is 5.92 Å². The molecule has 1 saturated carbocycles. The molecule has 138 valence electrons. The summed E-state index contributed by atoms with van der Waals surface area (Å²) in [5.74, 6) is 0.669. The summed E-state index contributed by atoms with van der Waals surface area (Å²) in [4.78, 5) is 21.0. The fourth-order valence-corrected chi connectivity index (χ4v) is 5.10. The molecule has 1 atom stereocenters. The SMILES string of the molecule is O=C(C(C1CC1)N1CCCC1)N1CCN(S(=O)(=O)c2ncn[nH]2)CC1. The molecule has 0 bridgehead atoms. The first-order valence-corrected chi connectivity index (χ1v) is 10.4. The molecule has 1 amide bonds. The minimum absolute atomic E-state index is 0.0000640. The van der Waals surface area contributed by atoms with Crippen molar-refractivity contribution >= 4 is 15.9 Å². The van der Waals surface area contributed by atoms with Crippen LogP contribution in [-0.2, 0) is 14.8 Å². The number of aromatic nitrogens is 3. The van der Waals surface area contributed by atoms with Gasteiger partial charge in [0.2, 0.25) is 5.91 Å². The van der Waals surface area contributed by atoms with Gasteiger partial charge in [-0.2, -0.15) is 9.40 Å². The topological polar surface area (TPSA) is 102 Å². The van der Waals surface area contributed by atoms with Gasteiger partial charge in [-0.15, -0.1) is 0 Å². The van der Waals surface area contributed by atoms with Crippen molar-refractivity contribution in [3.05, 3.63) is 6.33 Å². The lowest BCUT2D eigenvalue weighted by molar-refractivity contribution is -0.138. The number of amides is 1. The Balaban J connectivity index is 1.40. The van der Waals surface area contributed by atoms with Crippen LogP contribution in [0.25, 0.3) is 0 Å². The highest BCUT2D eigenvalue weighted by Crippen LogP contribution is 2.37. The maximum absolute atomic E-state index is 13.0. The largest absolute Gasteiger partial charge is 0.339 e. The van der Waals surface area contributed by atoms with Crippen molar-refractivity contribution in [1.29, 1.82) is 0 Å². The molecule has 3 heterocycles. The van der Waals surface area contributed by atoms with Gasteiger partial charge >= 0.3 is 0 Å². The van der Waals surface area contributed by atoms with Crippen molar-refractivity contribution in [3.8, 4) is 0 Å². The van der Waals surface area contributed by atoms with Gasteiger partial charge in [0.15, 0.2) is 0 Å². The van der Waals surface area contributed by atoms with Crippen molar-refractivity contribution in [2.45, 2.75) is 36.9 Å². The molecule has 0 aromatic carbocycles.